The lowest BCUT2D eigenvalue weighted by Gasteiger charge is -2.33. The summed E-state index contributed by atoms with van der Waals surface area (Å²) in [4.78, 5) is 29.1. The minimum Gasteiger partial charge on any atom is -0.350 e. The third kappa shape index (κ3) is 3.38. The number of aromatic amines is 1. The molecule has 2 aromatic rings. The summed E-state index contributed by atoms with van der Waals surface area (Å²) in [5, 5.41) is 3.30. The fraction of sp³-hybridized carbons (Fsp3) is 0.385. The van der Waals surface area contributed by atoms with Crippen molar-refractivity contribution in [3.63, 3.8) is 0 Å². The summed E-state index contributed by atoms with van der Waals surface area (Å²) in [5.74, 6) is 1.07. The molecule has 21 heavy (non-hydrogen) atoms. The first kappa shape index (κ1) is 14.0. The van der Waals surface area contributed by atoms with Gasteiger partial charge in [-0.2, -0.15) is 0 Å². The van der Waals surface area contributed by atoms with Crippen LogP contribution in [0.4, 0.5) is 11.8 Å². The molecule has 8 heteroatoms. The molecule has 0 unspecified atom stereocenters. The fourth-order valence-corrected chi connectivity index (χ4v) is 2.63. The first-order valence-corrected chi connectivity index (χ1v) is 7.54. The molecule has 110 valence electrons. The summed E-state index contributed by atoms with van der Waals surface area (Å²) in [6, 6.07) is 0.196. The minimum atomic E-state index is -0.155. The van der Waals surface area contributed by atoms with E-state index in [4.69, 9.17) is 0 Å². The van der Waals surface area contributed by atoms with Gasteiger partial charge in [0, 0.05) is 43.9 Å². The van der Waals surface area contributed by atoms with Crippen molar-refractivity contribution in [3.8, 4) is 0 Å². The standard InChI is InChI=1S/C13H15BrN6O/c14-9-6-17-13(18-7-9)19-10-2-1-5-20(8-10)11-12(21)16-4-3-15-11/h3-4,6-7,10H,1-2,5,8H2,(H,16,21)(H,17,18,19)/t10-/m1/s1. The number of H-pyrrole nitrogens is 1. The SMILES string of the molecule is O=c1[nH]ccnc1N1CCC[C@@H](Nc2ncc(Br)cn2)C1. The van der Waals surface area contributed by atoms with Gasteiger partial charge in [0.25, 0.3) is 5.56 Å². The number of rotatable bonds is 3. The zero-order valence-corrected chi connectivity index (χ0v) is 12.9. The van der Waals surface area contributed by atoms with Gasteiger partial charge in [0.05, 0.1) is 4.47 Å². The number of nitrogens with zero attached hydrogens (tertiary/aromatic N) is 4. The van der Waals surface area contributed by atoms with Crippen LogP contribution >= 0.6 is 15.9 Å². The van der Waals surface area contributed by atoms with Crippen LogP contribution in [0.2, 0.25) is 0 Å². The van der Waals surface area contributed by atoms with Crippen LogP contribution in [0.1, 0.15) is 12.8 Å². The quantitative estimate of drug-likeness (QED) is 0.870. The Hall–Kier alpha value is -1.96. The summed E-state index contributed by atoms with van der Waals surface area (Å²) < 4.78 is 0.846. The summed E-state index contributed by atoms with van der Waals surface area (Å²) in [6.45, 7) is 1.54. The highest BCUT2D eigenvalue weighted by Gasteiger charge is 2.22. The molecular formula is C13H15BrN6O. The van der Waals surface area contributed by atoms with Gasteiger partial charge in [-0.15, -0.1) is 0 Å². The monoisotopic (exact) mass is 350 g/mol. The lowest BCUT2D eigenvalue weighted by atomic mass is 10.1. The van der Waals surface area contributed by atoms with E-state index in [1.807, 2.05) is 4.90 Å². The molecule has 3 heterocycles. The molecule has 1 aliphatic heterocycles. The third-order valence-corrected chi connectivity index (χ3v) is 3.77. The molecule has 0 bridgehead atoms. The number of hydrogen-bond acceptors (Lipinski definition) is 6. The van der Waals surface area contributed by atoms with Gasteiger partial charge in [-0.05, 0) is 28.8 Å². The summed E-state index contributed by atoms with van der Waals surface area (Å²) in [7, 11) is 0. The van der Waals surface area contributed by atoms with Crippen molar-refractivity contribution in [2.75, 3.05) is 23.3 Å². The number of halogens is 1. The Morgan fingerprint density at radius 2 is 2.14 bits per heavy atom. The van der Waals surface area contributed by atoms with Crippen molar-refractivity contribution in [3.05, 3.63) is 39.6 Å². The molecule has 1 fully saturated rings. The molecule has 1 aliphatic rings. The summed E-state index contributed by atoms with van der Waals surface area (Å²) >= 11 is 3.31. The van der Waals surface area contributed by atoms with Crippen molar-refractivity contribution >= 4 is 27.7 Å². The van der Waals surface area contributed by atoms with Crippen molar-refractivity contribution in [2.45, 2.75) is 18.9 Å². The second-order valence-corrected chi connectivity index (χ2v) is 5.81. The van der Waals surface area contributed by atoms with Crippen LogP contribution in [-0.4, -0.2) is 39.1 Å². The van der Waals surface area contributed by atoms with Crippen molar-refractivity contribution in [2.24, 2.45) is 0 Å². The lowest BCUT2D eigenvalue weighted by molar-refractivity contribution is 0.522. The normalized spacial score (nSPS) is 18.5. The molecule has 0 radical (unpaired) electrons. The molecule has 0 spiro atoms. The topological polar surface area (TPSA) is 86.8 Å². The first-order valence-electron chi connectivity index (χ1n) is 6.75. The molecule has 3 rings (SSSR count). The van der Waals surface area contributed by atoms with Gasteiger partial charge in [0.2, 0.25) is 5.95 Å². The summed E-state index contributed by atoms with van der Waals surface area (Å²) in [6.07, 6.45) is 8.57. The Morgan fingerprint density at radius 3 is 2.90 bits per heavy atom. The highest BCUT2D eigenvalue weighted by Crippen LogP contribution is 2.17. The van der Waals surface area contributed by atoms with E-state index in [0.717, 1.165) is 23.9 Å². The molecule has 0 aliphatic carbocycles. The Morgan fingerprint density at radius 1 is 1.33 bits per heavy atom. The van der Waals surface area contributed by atoms with E-state index in [2.05, 4.69) is 41.2 Å². The van der Waals surface area contributed by atoms with Crippen LogP contribution in [0, 0.1) is 0 Å². The Bertz CT molecular complexity index is 658. The maximum atomic E-state index is 11.8. The predicted octanol–water partition coefficient (Wildman–Crippen LogP) is 1.40. The Kier molecular flexibility index (Phi) is 4.14. The largest absolute Gasteiger partial charge is 0.350 e. The van der Waals surface area contributed by atoms with Gasteiger partial charge in [-0.1, -0.05) is 0 Å². The molecule has 2 N–H and O–H groups in total. The first-order chi connectivity index (χ1) is 10.2. The predicted molar refractivity (Wildman–Crippen MR) is 83.4 cm³/mol. The number of aromatic nitrogens is 4. The minimum absolute atomic E-state index is 0.155. The Balaban J connectivity index is 1.70. The highest BCUT2D eigenvalue weighted by atomic mass is 79.9. The van der Waals surface area contributed by atoms with E-state index in [0.29, 0.717) is 18.3 Å². The molecule has 7 nitrogen and oxygen atoms in total. The van der Waals surface area contributed by atoms with Gasteiger partial charge < -0.3 is 15.2 Å². The molecule has 0 amide bonds. The second-order valence-electron chi connectivity index (χ2n) is 4.90. The van der Waals surface area contributed by atoms with Crippen LogP contribution in [0.3, 0.4) is 0 Å². The van der Waals surface area contributed by atoms with Gasteiger partial charge in [-0.3, -0.25) is 4.79 Å². The molecule has 0 saturated carbocycles. The van der Waals surface area contributed by atoms with Crippen LogP contribution in [0.25, 0.3) is 0 Å². The van der Waals surface area contributed by atoms with Gasteiger partial charge in [-0.25, -0.2) is 15.0 Å². The van der Waals surface area contributed by atoms with E-state index in [1.165, 1.54) is 0 Å². The van der Waals surface area contributed by atoms with Crippen LogP contribution in [0.5, 0.6) is 0 Å². The second kappa shape index (κ2) is 6.21. The molecule has 1 saturated heterocycles. The van der Waals surface area contributed by atoms with Crippen molar-refractivity contribution in [1.29, 1.82) is 0 Å². The maximum Gasteiger partial charge on any atom is 0.290 e. The van der Waals surface area contributed by atoms with Crippen molar-refractivity contribution in [1.82, 2.24) is 19.9 Å². The van der Waals surface area contributed by atoms with E-state index in [1.54, 1.807) is 24.8 Å². The van der Waals surface area contributed by atoms with E-state index in [-0.39, 0.29) is 11.6 Å². The highest BCUT2D eigenvalue weighted by molar-refractivity contribution is 9.10. The van der Waals surface area contributed by atoms with E-state index in [9.17, 15) is 4.79 Å². The number of hydrogen-bond donors (Lipinski definition) is 2. The van der Waals surface area contributed by atoms with Gasteiger partial charge in [0.1, 0.15) is 0 Å². The molecule has 2 aromatic heterocycles. The fourth-order valence-electron chi connectivity index (χ4n) is 2.43. The van der Waals surface area contributed by atoms with Gasteiger partial charge in [0.15, 0.2) is 5.82 Å². The average molecular weight is 351 g/mol. The maximum absolute atomic E-state index is 11.8. The Labute approximate surface area is 130 Å². The third-order valence-electron chi connectivity index (χ3n) is 3.36. The number of piperidine rings is 1. The summed E-state index contributed by atoms with van der Waals surface area (Å²) in [5.41, 5.74) is -0.155. The van der Waals surface area contributed by atoms with Crippen LogP contribution in [-0.2, 0) is 0 Å². The lowest BCUT2D eigenvalue weighted by Crippen LogP contribution is -2.44. The average Bonchev–Trinajstić information content (AvgIpc) is 2.50. The zero-order valence-electron chi connectivity index (χ0n) is 11.3. The van der Waals surface area contributed by atoms with Gasteiger partial charge >= 0.3 is 0 Å². The van der Waals surface area contributed by atoms with Crippen molar-refractivity contribution < 1.29 is 0 Å². The molecule has 1 atom stereocenters. The molecular weight excluding hydrogens is 336 g/mol. The smallest absolute Gasteiger partial charge is 0.290 e. The zero-order chi connectivity index (χ0) is 14.7. The molecule has 0 aromatic carbocycles. The van der Waals surface area contributed by atoms with E-state index >= 15 is 0 Å². The number of anilines is 2. The number of nitrogens with one attached hydrogen (secondary N) is 2. The van der Waals surface area contributed by atoms with Crippen LogP contribution in [0.15, 0.2) is 34.1 Å². The van der Waals surface area contributed by atoms with Crippen LogP contribution < -0.4 is 15.8 Å². The van der Waals surface area contributed by atoms with E-state index < -0.39 is 0 Å².